The molecule has 1 fully saturated rings. The fraction of sp³-hybridized carbons (Fsp3) is 0.182. The highest BCUT2D eigenvalue weighted by Crippen LogP contribution is 2.21. The van der Waals surface area contributed by atoms with Crippen LogP contribution in [0.4, 0.5) is 5.69 Å². The molecule has 0 saturated carbocycles. The number of nitrogens with one attached hydrogen (secondary N) is 3. The first-order chi connectivity index (χ1) is 8.58. The fourth-order valence-electron chi connectivity index (χ4n) is 1.55. The molecule has 0 spiro atoms. The SMILES string of the molecule is O=C(CC1C(=O)NNC1=O)Nc1ccccc1Br. The zero-order valence-electron chi connectivity index (χ0n) is 9.20. The molecule has 0 aromatic heterocycles. The molecular weight excluding hydrogens is 302 g/mol. The highest BCUT2D eigenvalue weighted by Gasteiger charge is 2.34. The summed E-state index contributed by atoms with van der Waals surface area (Å²) in [6.45, 7) is 0. The summed E-state index contributed by atoms with van der Waals surface area (Å²) in [6.07, 6.45) is -0.182. The monoisotopic (exact) mass is 311 g/mol. The number of carbonyl (C=O) groups is 3. The predicted octanol–water partition coefficient (Wildman–Crippen LogP) is 0.555. The third-order valence-corrected chi connectivity index (χ3v) is 3.17. The van der Waals surface area contributed by atoms with Crippen LogP contribution in [0.2, 0.25) is 0 Å². The molecule has 1 aliphatic rings. The third kappa shape index (κ3) is 2.67. The summed E-state index contributed by atoms with van der Waals surface area (Å²) in [5.41, 5.74) is 4.94. The van der Waals surface area contributed by atoms with Gasteiger partial charge >= 0.3 is 0 Å². The number of halogens is 1. The second-order valence-corrected chi connectivity index (χ2v) is 4.62. The van der Waals surface area contributed by atoms with Crippen LogP contribution in [0.5, 0.6) is 0 Å². The van der Waals surface area contributed by atoms with Crippen LogP contribution in [0, 0.1) is 5.92 Å². The lowest BCUT2D eigenvalue weighted by atomic mass is 10.1. The van der Waals surface area contributed by atoms with Crippen molar-refractivity contribution < 1.29 is 14.4 Å². The zero-order valence-corrected chi connectivity index (χ0v) is 10.8. The summed E-state index contributed by atoms with van der Waals surface area (Å²) < 4.78 is 0.735. The number of carbonyl (C=O) groups excluding carboxylic acids is 3. The van der Waals surface area contributed by atoms with Gasteiger partial charge in [0.25, 0.3) is 11.8 Å². The number of para-hydroxylation sites is 1. The number of rotatable bonds is 3. The third-order valence-electron chi connectivity index (χ3n) is 2.48. The van der Waals surface area contributed by atoms with Crippen LogP contribution in [0.3, 0.4) is 0 Å². The Labute approximate surface area is 111 Å². The number of hydrogen-bond donors (Lipinski definition) is 3. The van der Waals surface area contributed by atoms with Crippen LogP contribution >= 0.6 is 15.9 Å². The van der Waals surface area contributed by atoms with Crippen molar-refractivity contribution in [3.8, 4) is 0 Å². The maximum absolute atomic E-state index is 11.7. The molecule has 0 aliphatic carbocycles. The topological polar surface area (TPSA) is 87.3 Å². The average Bonchev–Trinajstić information content (AvgIpc) is 2.64. The van der Waals surface area contributed by atoms with E-state index in [2.05, 4.69) is 32.1 Å². The van der Waals surface area contributed by atoms with Gasteiger partial charge in [-0.15, -0.1) is 0 Å². The Kier molecular flexibility index (Phi) is 3.61. The van der Waals surface area contributed by atoms with E-state index < -0.39 is 17.7 Å². The molecule has 0 unspecified atom stereocenters. The molecule has 18 heavy (non-hydrogen) atoms. The molecule has 1 aliphatic heterocycles. The van der Waals surface area contributed by atoms with E-state index in [4.69, 9.17) is 0 Å². The molecule has 1 aromatic carbocycles. The maximum Gasteiger partial charge on any atom is 0.251 e. The van der Waals surface area contributed by atoms with Crippen LogP contribution < -0.4 is 16.2 Å². The Morgan fingerprint density at radius 1 is 1.22 bits per heavy atom. The van der Waals surface area contributed by atoms with E-state index >= 15 is 0 Å². The molecule has 94 valence electrons. The van der Waals surface area contributed by atoms with Crippen molar-refractivity contribution in [2.24, 2.45) is 5.92 Å². The van der Waals surface area contributed by atoms with Gasteiger partial charge in [0.2, 0.25) is 5.91 Å². The molecule has 1 saturated heterocycles. The van der Waals surface area contributed by atoms with Gasteiger partial charge in [0.05, 0.1) is 5.69 Å². The minimum absolute atomic E-state index is 0.182. The van der Waals surface area contributed by atoms with Gasteiger partial charge in [-0.25, -0.2) is 0 Å². The molecule has 1 heterocycles. The highest BCUT2D eigenvalue weighted by atomic mass is 79.9. The summed E-state index contributed by atoms with van der Waals surface area (Å²) in [6, 6.07) is 7.09. The van der Waals surface area contributed by atoms with E-state index in [1.165, 1.54) is 0 Å². The summed E-state index contributed by atoms with van der Waals surface area (Å²) in [5.74, 6) is -2.32. The summed E-state index contributed by atoms with van der Waals surface area (Å²) >= 11 is 3.29. The Morgan fingerprint density at radius 2 is 1.83 bits per heavy atom. The normalized spacial score (nSPS) is 15.2. The standard InChI is InChI=1S/C11H10BrN3O3/c12-7-3-1-2-4-8(7)13-9(16)5-6-10(17)14-15-11(6)18/h1-4,6H,5H2,(H,13,16)(H,14,17)(H,15,18). The van der Waals surface area contributed by atoms with E-state index in [0.29, 0.717) is 5.69 Å². The Balaban J connectivity index is 1.99. The Morgan fingerprint density at radius 3 is 2.44 bits per heavy atom. The number of hydrogen-bond acceptors (Lipinski definition) is 3. The van der Waals surface area contributed by atoms with Gasteiger partial charge in [-0.1, -0.05) is 12.1 Å². The number of anilines is 1. The molecule has 0 atom stereocenters. The fourth-order valence-corrected chi connectivity index (χ4v) is 1.94. The van der Waals surface area contributed by atoms with E-state index in [-0.39, 0.29) is 12.3 Å². The predicted molar refractivity (Wildman–Crippen MR) is 67.2 cm³/mol. The first-order valence-corrected chi connectivity index (χ1v) is 6.01. The van der Waals surface area contributed by atoms with Gasteiger partial charge in [-0.05, 0) is 28.1 Å². The molecule has 3 N–H and O–H groups in total. The van der Waals surface area contributed by atoms with Gasteiger partial charge in [0, 0.05) is 10.9 Å². The molecule has 1 aromatic rings. The van der Waals surface area contributed by atoms with Crippen molar-refractivity contribution >= 4 is 39.3 Å². The lowest BCUT2D eigenvalue weighted by molar-refractivity contribution is -0.131. The lowest BCUT2D eigenvalue weighted by Gasteiger charge is -2.08. The molecule has 2 rings (SSSR count). The van der Waals surface area contributed by atoms with Gasteiger partial charge in [0.1, 0.15) is 5.92 Å². The van der Waals surface area contributed by atoms with Crippen molar-refractivity contribution in [1.29, 1.82) is 0 Å². The number of amides is 3. The second-order valence-electron chi connectivity index (χ2n) is 3.76. The molecule has 3 amide bonds. The Bertz CT molecular complexity index is 502. The van der Waals surface area contributed by atoms with Gasteiger partial charge in [-0.2, -0.15) is 0 Å². The first kappa shape index (κ1) is 12.6. The molecule has 7 heteroatoms. The van der Waals surface area contributed by atoms with Crippen molar-refractivity contribution in [3.05, 3.63) is 28.7 Å². The first-order valence-electron chi connectivity index (χ1n) is 5.22. The van der Waals surface area contributed by atoms with Crippen LogP contribution in [0.15, 0.2) is 28.7 Å². The highest BCUT2D eigenvalue weighted by molar-refractivity contribution is 9.10. The molecule has 0 radical (unpaired) electrons. The smallest absolute Gasteiger partial charge is 0.251 e. The van der Waals surface area contributed by atoms with Crippen LogP contribution in [-0.4, -0.2) is 17.7 Å². The van der Waals surface area contributed by atoms with E-state index in [0.717, 1.165) is 4.47 Å². The van der Waals surface area contributed by atoms with Crippen molar-refractivity contribution in [1.82, 2.24) is 10.9 Å². The van der Waals surface area contributed by atoms with Gasteiger partial charge in [-0.3, -0.25) is 25.2 Å². The van der Waals surface area contributed by atoms with E-state index in [1.807, 2.05) is 6.07 Å². The van der Waals surface area contributed by atoms with Crippen LogP contribution in [0.1, 0.15) is 6.42 Å². The van der Waals surface area contributed by atoms with Crippen molar-refractivity contribution in [3.63, 3.8) is 0 Å². The summed E-state index contributed by atoms with van der Waals surface area (Å²) in [5, 5.41) is 2.63. The average molecular weight is 312 g/mol. The summed E-state index contributed by atoms with van der Waals surface area (Å²) in [7, 11) is 0. The molecular formula is C11H10BrN3O3. The number of hydrazine groups is 1. The van der Waals surface area contributed by atoms with Crippen molar-refractivity contribution in [2.45, 2.75) is 6.42 Å². The lowest BCUT2D eigenvalue weighted by Crippen LogP contribution is -2.28. The second kappa shape index (κ2) is 5.18. The van der Waals surface area contributed by atoms with E-state index in [9.17, 15) is 14.4 Å². The quantitative estimate of drug-likeness (QED) is 0.713. The Hall–Kier alpha value is -1.89. The summed E-state index contributed by atoms with van der Waals surface area (Å²) in [4.78, 5) is 34.2. The van der Waals surface area contributed by atoms with E-state index in [1.54, 1.807) is 18.2 Å². The number of benzene rings is 1. The van der Waals surface area contributed by atoms with Gasteiger partial charge in [0.15, 0.2) is 0 Å². The molecule has 6 nitrogen and oxygen atoms in total. The zero-order chi connectivity index (χ0) is 13.1. The van der Waals surface area contributed by atoms with Crippen LogP contribution in [-0.2, 0) is 14.4 Å². The van der Waals surface area contributed by atoms with Gasteiger partial charge < -0.3 is 5.32 Å². The maximum atomic E-state index is 11.7. The molecule has 0 bridgehead atoms. The minimum Gasteiger partial charge on any atom is -0.325 e. The minimum atomic E-state index is -0.965. The van der Waals surface area contributed by atoms with Crippen LogP contribution in [0.25, 0.3) is 0 Å². The largest absolute Gasteiger partial charge is 0.325 e. The van der Waals surface area contributed by atoms with Crippen molar-refractivity contribution in [2.75, 3.05) is 5.32 Å².